The van der Waals surface area contributed by atoms with E-state index in [9.17, 15) is 13.7 Å². The number of ether oxygens (including phenoxy) is 10. The molecular weight excluding hydrogens is 889 g/mol. The van der Waals surface area contributed by atoms with E-state index >= 15 is 0 Å². The van der Waals surface area contributed by atoms with Gasteiger partial charge >= 0.3 is 11.9 Å². The van der Waals surface area contributed by atoms with Crippen LogP contribution in [0.3, 0.4) is 0 Å². The minimum Gasteiger partial charge on any atom is -0.463 e. The van der Waals surface area contributed by atoms with Crippen molar-refractivity contribution in [3.8, 4) is 0 Å². The molecule has 0 amide bonds. The molecule has 69 heavy (non-hydrogen) atoms. The highest BCUT2D eigenvalue weighted by Crippen LogP contribution is 2.32. The van der Waals surface area contributed by atoms with Gasteiger partial charge < -0.3 is 47.4 Å². The summed E-state index contributed by atoms with van der Waals surface area (Å²) in [6, 6.07) is 35.7. The quantitative estimate of drug-likeness (QED) is 0.0617. The molecule has 8 rings (SSSR count). The van der Waals surface area contributed by atoms with Gasteiger partial charge in [-0.25, -0.2) is 4.68 Å². The minimum atomic E-state index is -1.94. The third kappa shape index (κ3) is 14.4. The summed E-state index contributed by atoms with van der Waals surface area (Å²) in [6.07, 6.45) is -7.53. The molecule has 4 heterocycles. The largest absolute Gasteiger partial charge is 0.463 e. The average molecular weight is 952 g/mol. The molecule has 13 atom stereocenters. The van der Waals surface area contributed by atoms with Crippen LogP contribution in [0.2, 0.25) is 0 Å². The van der Waals surface area contributed by atoms with Gasteiger partial charge in [0.1, 0.15) is 54.6 Å². The Labute approximate surface area is 407 Å². The fourth-order valence-electron chi connectivity index (χ4n) is 7.35. The van der Waals surface area contributed by atoms with Crippen LogP contribution in [0.15, 0.2) is 134 Å². The number of carbonyl (C=O) groups excluding carboxylic acids is 2. The van der Waals surface area contributed by atoms with Crippen molar-refractivity contribution in [2.75, 3.05) is 13.2 Å². The summed E-state index contributed by atoms with van der Waals surface area (Å²) in [5.41, 5.74) is 2.86. The molecule has 2 fully saturated rings. The van der Waals surface area contributed by atoms with Crippen LogP contribution in [0.4, 0.5) is 0 Å². The maximum absolute atomic E-state index is 11.7. The number of nitrogens with zero attached hydrogens (tertiary/aromatic N) is 6. The van der Waals surface area contributed by atoms with Crippen LogP contribution in [-0.2, 0) is 96.5 Å². The van der Waals surface area contributed by atoms with Crippen molar-refractivity contribution < 1.29 is 63.8 Å². The maximum atomic E-state index is 11.7. The zero-order valence-corrected chi connectivity index (χ0v) is 38.2. The zero-order valence-electron chi connectivity index (χ0n) is 43.2. The van der Waals surface area contributed by atoms with E-state index in [4.69, 9.17) is 50.1 Å². The van der Waals surface area contributed by atoms with Crippen LogP contribution in [0, 0.1) is 0 Å². The number of benzene rings is 4. The lowest BCUT2D eigenvalue weighted by molar-refractivity contribution is -0.331. The maximum Gasteiger partial charge on any atom is 0.303 e. The highest BCUT2D eigenvalue weighted by molar-refractivity contribution is 5.66. The van der Waals surface area contributed by atoms with E-state index in [-0.39, 0.29) is 32.8 Å². The molecule has 4 aromatic carbocycles. The summed E-state index contributed by atoms with van der Waals surface area (Å²) < 4.78 is 108. The van der Waals surface area contributed by atoms with E-state index in [1.54, 1.807) is 110 Å². The lowest BCUT2D eigenvalue weighted by Gasteiger charge is -2.45. The molecule has 18 heteroatoms. The Bertz CT molecular complexity index is 2690. The lowest BCUT2D eigenvalue weighted by atomic mass is 9.97. The van der Waals surface area contributed by atoms with E-state index in [1.807, 2.05) is 24.3 Å². The Balaban J connectivity index is 1.03. The normalized spacial score (nSPS) is 26.8. The van der Waals surface area contributed by atoms with Crippen LogP contribution < -0.4 is 0 Å². The standard InChI is InChI=1S/C51H58N6O12/c1-35(56-26-43(53-55-56)32-62-47-24-44(67-37(3)59)45(68-47)34-61-36(2)58)57-52-25-42(54-57)31-66-51-50(65-30-41-22-14-7-15-23-41)49(64-29-40-20-12-6-13-21-40)48(63-28-39-18-10-5-11-19-39)46(69-51)33-60-27-38-16-8-4-9-17-38/h4-23,25-26,35,44-51H,24,27-34H2,1-3H3/t35?,44-,45+,46+,47?,48+,49-,50-,51?/m0/s1/i27D,28D,29D,30D,47D/t27?,28?,29?,30?,35?,44-,45+,46+,47?,48+,49-,50-,51?. The molecule has 0 aliphatic carbocycles. The van der Waals surface area contributed by atoms with Gasteiger partial charge in [0.2, 0.25) is 0 Å². The molecule has 7 unspecified atom stereocenters. The van der Waals surface area contributed by atoms with Gasteiger partial charge in [-0.15, -0.1) is 5.10 Å². The smallest absolute Gasteiger partial charge is 0.303 e. The van der Waals surface area contributed by atoms with E-state index in [1.165, 1.54) is 29.5 Å². The van der Waals surface area contributed by atoms with Gasteiger partial charge in [0.25, 0.3) is 0 Å². The van der Waals surface area contributed by atoms with Crippen LogP contribution in [0.1, 0.15) is 73.9 Å². The van der Waals surface area contributed by atoms with Gasteiger partial charge in [0, 0.05) is 20.3 Å². The average Bonchev–Trinajstić information content (AvgIpc) is 4.17. The molecule has 2 aliphatic rings. The van der Waals surface area contributed by atoms with Crippen molar-refractivity contribution in [1.82, 2.24) is 30.0 Å². The molecule has 2 aliphatic heterocycles. The SMILES string of the molecule is [2H]C(OC[C@H]1OC(OCc2cnn(C(C)n3cc(COC4([2H])C[C@H](OC(C)=O)[C@@H](COC(C)=O)O4)nn3)n2)[C@@H](OC([2H])c2ccccc2)[C@@H](OC([2H])c2ccccc2)[C@@H]1OC([2H])c1ccccc1)c1ccccc1. The Morgan fingerprint density at radius 1 is 0.681 bits per heavy atom. The van der Waals surface area contributed by atoms with E-state index in [2.05, 4.69) is 20.5 Å². The molecular formula is C51H58N6O12. The van der Waals surface area contributed by atoms with E-state index in [0.29, 0.717) is 33.6 Å². The first kappa shape index (κ1) is 42.8. The Morgan fingerprint density at radius 2 is 1.25 bits per heavy atom. The van der Waals surface area contributed by atoms with Gasteiger partial charge in [-0.05, 0) is 29.2 Å². The molecule has 2 saturated heterocycles. The number of carbonyl (C=O) groups is 2. The van der Waals surface area contributed by atoms with Crippen LogP contribution in [-0.4, -0.2) is 104 Å². The Morgan fingerprint density at radius 3 is 1.84 bits per heavy atom. The summed E-state index contributed by atoms with van der Waals surface area (Å²) in [6.45, 7) is -1.65. The molecule has 2 aromatic heterocycles. The predicted octanol–water partition coefficient (Wildman–Crippen LogP) is 6.28. The van der Waals surface area contributed by atoms with Crippen LogP contribution in [0.25, 0.3) is 0 Å². The Hall–Kier alpha value is -6.22. The topological polar surface area (TPSA) is 188 Å². The van der Waals surface area contributed by atoms with Gasteiger partial charge in [-0.3, -0.25) is 9.59 Å². The minimum absolute atomic E-state index is 0.144. The third-order valence-corrected chi connectivity index (χ3v) is 10.8. The number of rotatable bonds is 24. The first-order valence-corrected chi connectivity index (χ1v) is 22.4. The fourth-order valence-corrected chi connectivity index (χ4v) is 7.35. The molecule has 0 radical (unpaired) electrons. The first-order chi connectivity index (χ1) is 35.7. The number of hydrogen-bond donors (Lipinski definition) is 0. The highest BCUT2D eigenvalue weighted by Gasteiger charge is 2.49. The second-order valence-electron chi connectivity index (χ2n) is 16.1. The second kappa shape index (κ2) is 24.9. The summed E-state index contributed by atoms with van der Waals surface area (Å²) in [5, 5.41) is 17.5. The third-order valence-electron chi connectivity index (χ3n) is 10.8. The first-order valence-electron chi connectivity index (χ1n) is 25.2. The molecule has 0 N–H and O–H groups in total. The van der Waals surface area contributed by atoms with Gasteiger partial charge in [-0.2, -0.15) is 15.0 Å². The van der Waals surface area contributed by atoms with Crippen molar-refractivity contribution in [3.63, 3.8) is 0 Å². The molecule has 0 bridgehead atoms. The second-order valence-corrected chi connectivity index (χ2v) is 16.1. The number of aromatic nitrogens is 6. The molecule has 6 aromatic rings. The van der Waals surface area contributed by atoms with Gasteiger partial charge in [0.05, 0.1) is 65.4 Å². The lowest BCUT2D eigenvalue weighted by Crippen LogP contribution is -2.61. The van der Waals surface area contributed by atoms with Crippen LogP contribution in [0.5, 0.6) is 0 Å². The van der Waals surface area contributed by atoms with Gasteiger partial charge in [0.15, 0.2) is 18.7 Å². The number of hydrogen-bond acceptors (Lipinski definition) is 16. The summed E-state index contributed by atoms with van der Waals surface area (Å²) in [7, 11) is 0. The van der Waals surface area contributed by atoms with Crippen molar-refractivity contribution >= 4 is 11.9 Å². The van der Waals surface area contributed by atoms with E-state index in [0.717, 1.165) is 0 Å². The molecule has 18 nitrogen and oxygen atoms in total. The molecule has 0 saturated carbocycles. The highest BCUT2D eigenvalue weighted by atomic mass is 16.7. The Kier molecular flexibility index (Phi) is 15.4. The van der Waals surface area contributed by atoms with Crippen LogP contribution >= 0.6 is 0 Å². The molecule has 0 spiro atoms. The predicted molar refractivity (Wildman–Crippen MR) is 245 cm³/mol. The van der Waals surface area contributed by atoms with Crippen molar-refractivity contribution in [1.29, 1.82) is 0 Å². The summed E-state index contributed by atoms with van der Waals surface area (Å²) in [4.78, 5) is 24.6. The monoisotopic (exact) mass is 951 g/mol. The zero-order chi connectivity index (χ0) is 52.2. The van der Waals surface area contributed by atoms with Crippen molar-refractivity contribution in [3.05, 3.63) is 167 Å². The fraction of sp³-hybridized carbons (Fsp3) is 0.412. The van der Waals surface area contributed by atoms with Gasteiger partial charge in [-0.1, -0.05) is 127 Å². The summed E-state index contributed by atoms with van der Waals surface area (Å²) in [5.74, 6) is -1.14. The van der Waals surface area contributed by atoms with E-state index < -0.39 is 93.6 Å². The number of esters is 2. The van der Waals surface area contributed by atoms with Crippen molar-refractivity contribution in [2.45, 2.75) is 122 Å². The van der Waals surface area contributed by atoms with Crippen molar-refractivity contribution in [2.24, 2.45) is 0 Å². The molecule has 364 valence electrons. The summed E-state index contributed by atoms with van der Waals surface area (Å²) >= 11 is 0.